The maximum absolute atomic E-state index is 13.0. The first-order chi connectivity index (χ1) is 17.9. The van der Waals surface area contributed by atoms with Gasteiger partial charge in [0, 0.05) is 37.8 Å². The second-order valence-electron chi connectivity index (χ2n) is 8.87. The van der Waals surface area contributed by atoms with Crippen LogP contribution in [0.1, 0.15) is 30.9 Å². The van der Waals surface area contributed by atoms with Gasteiger partial charge in [0.2, 0.25) is 17.7 Å². The number of primary amides is 1. The molecule has 0 saturated heterocycles. The fraction of sp³-hybridized carbons (Fsp3) is 0.321. The molecule has 1 heterocycles. The van der Waals surface area contributed by atoms with Gasteiger partial charge in [0.25, 0.3) is 0 Å². The molecule has 9 heteroatoms. The number of aromatic nitrogens is 2. The van der Waals surface area contributed by atoms with E-state index in [4.69, 9.17) is 10.5 Å². The van der Waals surface area contributed by atoms with Gasteiger partial charge in [-0.1, -0.05) is 49.4 Å². The Morgan fingerprint density at radius 3 is 2.51 bits per heavy atom. The van der Waals surface area contributed by atoms with Gasteiger partial charge in [0.05, 0.1) is 12.7 Å². The molecule has 2 unspecified atom stereocenters. The number of ether oxygens (including phenoxy) is 1. The zero-order chi connectivity index (χ0) is 26.5. The molecule has 2 atom stereocenters. The molecule has 1 aromatic heterocycles. The van der Waals surface area contributed by atoms with Crippen LogP contribution in [-0.4, -0.2) is 39.9 Å². The van der Waals surface area contributed by atoms with Crippen molar-refractivity contribution in [1.82, 2.24) is 20.2 Å². The van der Waals surface area contributed by atoms with Crippen LogP contribution in [0.4, 0.5) is 0 Å². The number of aryl methyl sites for hydroxylation is 1. The third-order valence-electron chi connectivity index (χ3n) is 5.84. The summed E-state index contributed by atoms with van der Waals surface area (Å²) in [6.07, 6.45) is 7.87. The third kappa shape index (κ3) is 9.79. The Morgan fingerprint density at radius 2 is 1.84 bits per heavy atom. The van der Waals surface area contributed by atoms with Crippen LogP contribution in [0.5, 0.6) is 5.75 Å². The van der Waals surface area contributed by atoms with E-state index in [-0.39, 0.29) is 12.3 Å². The van der Waals surface area contributed by atoms with Gasteiger partial charge >= 0.3 is 0 Å². The summed E-state index contributed by atoms with van der Waals surface area (Å²) in [5.41, 5.74) is 7.22. The molecule has 0 bridgehead atoms. The molecule has 0 spiro atoms. The molecule has 0 aliphatic carbocycles. The van der Waals surface area contributed by atoms with Crippen LogP contribution < -0.4 is 21.1 Å². The van der Waals surface area contributed by atoms with Crippen LogP contribution in [0, 0.1) is 12.3 Å². The van der Waals surface area contributed by atoms with E-state index < -0.39 is 23.8 Å². The number of hydrogen-bond acceptors (Lipinski definition) is 5. The van der Waals surface area contributed by atoms with E-state index in [9.17, 15) is 14.4 Å². The summed E-state index contributed by atoms with van der Waals surface area (Å²) in [4.78, 5) is 40.7. The number of rotatable bonds is 15. The van der Waals surface area contributed by atoms with Crippen LogP contribution in [0.3, 0.4) is 0 Å². The summed E-state index contributed by atoms with van der Waals surface area (Å²) in [5, 5.41) is 5.67. The van der Waals surface area contributed by atoms with E-state index in [2.05, 4.69) is 15.6 Å². The molecule has 2 aromatic carbocycles. The maximum Gasteiger partial charge on any atom is 0.242 e. The van der Waals surface area contributed by atoms with Crippen molar-refractivity contribution in [2.75, 3.05) is 6.54 Å². The zero-order valence-electron chi connectivity index (χ0n) is 21.0. The number of carbonyl (C=O) groups is 3. The Kier molecular flexibility index (Phi) is 10.7. The zero-order valence-corrected chi connectivity index (χ0v) is 21.0. The standard InChI is InChI=1S/C28H34N5O4/c1-21(27(29)35)8-13-26(34)32-25(28(36)31-14-5-16-33-17-15-30-20-33)18-22-9-11-24(12-10-22)37-19-23-6-3-2-4-7-23/h2-4,6-7,9-13,15,17,20-21,25H,5,8,14,16,18-19H2,1H3,(H2,29,35)(H,31,36)(H,32,34). The molecule has 195 valence electrons. The van der Waals surface area contributed by atoms with Crippen LogP contribution in [0.25, 0.3) is 0 Å². The predicted octanol–water partition coefficient (Wildman–Crippen LogP) is 2.41. The van der Waals surface area contributed by atoms with E-state index in [0.717, 1.165) is 24.1 Å². The van der Waals surface area contributed by atoms with Crippen molar-refractivity contribution in [3.05, 3.63) is 90.9 Å². The summed E-state index contributed by atoms with van der Waals surface area (Å²) in [6.45, 7) is 3.29. The molecule has 3 amide bonds. The molecule has 0 saturated carbocycles. The third-order valence-corrected chi connectivity index (χ3v) is 5.84. The lowest BCUT2D eigenvalue weighted by Gasteiger charge is -2.19. The van der Waals surface area contributed by atoms with Crippen LogP contribution in [-0.2, 0) is 34.0 Å². The minimum atomic E-state index is -0.781. The largest absolute Gasteiger partial charge is 0.489 e. The monoisotopic (exact) mass is 504 g/mol. The minimum Gasteiger partial charge on any atom is -0.489 e. The van der Waals surface area contributed by atoms with Gasteiger partial charge in [0.15, 0.2) is 0 Å². The Bertz CT molecular complexity index is 1120. The van der Waals surface area contributed by atoms with Gasteiger partial charge in [-0.15, -0.1) is 0 Å². The molecular weight excluding hydrogens is 470 g/mol. The molecule has 1 radical (unpaired) electrons. The molecule has 0 fully saturated rings. The first kappa shape index (κ1) is 27.4. The number of nitrogens with one attached hydrogen (secondary N) is 2. The van der Waals surface area contributed by atoms with Crippen molar-refractivity contribution in [3.63, 3.8) is 0 Å². The Hall–Kier alpha value is -4.14. The molecule has 9 nitrogen and oxygen atoms in total. The highest BCUT2D eigenvalue weighted by Gasteiger charge is 2.22. The van der Waals surface area contributed by atoms with Gasteiger partial charge < -0.3 is 25.7 Å². The van der Waals surface area contributed by atoms with E-state index in [1.165, 1.54) is 6.42 Å². The maximum atomic E-state index is 13.0. The van der Waals surface area contributed by atoms with Gasteiger partial charge in [-0.25, -0.2) is 4.98 Å². The Balaban J connectivity index is 1.56. The summed E-state index contributed by atoms with van der Waals surface area (Å²) >= 11 is 0. The molecule has 3 aromatic rings. The second-order valence-corrected chi connectivity index (χ2v) is 8.87. The van der Waals surface area contributed by atoms with Crippen LogP contribution in [0.2, 0.25) is 0 Å². The highest BCUT2D eigenvalue weighted by molar-refractivity contribution is 5.91. The lowest BCUT2D eigenvalue weighted by atomic mass is 10.0. The van der Waals surface area contributed by atoms with Crippen molar-refractivity contribution in [1.29, 1.82) is 0 Å². The smallest absolute Gasteiger partial charge is 0.242 e. The summed E-state index contributed by atoms with van der Waals surface area (Å²) in [5.74, 6) is -0.935. The van der Waals surface area contributed by atoms with Crippen molar-refractivity contribution in [2.45, 2.75) is 45.4 Å². The lowest BCUT2D eigenvalue weighted by molar-refractivity contribution is -0.127. The van der Waals surface area contributed by atoms with Crippen LogP contribution >= 0.6 is 0 Å². The number of amides is 3. The SMILES string of the molecule is CC(C[CH]C(=O)NC(Cc1ccc(OCc2ccccc2)cc1)C(=O)NCCCn1ccnc1)C(N)=O. The van der Waals surface area contributed by atoms with Gasteiger partial charge in [-0.3, -0.25) is 14.4 Å². The first-order valence-electron chi connectivity index (χ1n) is 12.3. The number of benzene rings is 2. The van der Waals surface area contributed by atoms with E-state index in [1.807, 2.05) is 65.4 Å². The lowest BCUT2D eigenvalue weighted by Crippen LogP contribution is -2.48. The van der Waals surface area contributed by atoms with E-state index in [0.29, 0.717) is 25.3 Å². The highest BCUT2D eigenvalue weighted by Crippen LogP contribution is 2.16. The summed E-state index contributed by atoms with van der Waals surface area (Å²) in [6, 6.07) is 16.6. The Morgan fingerprint density at radius 1 is 1.08 bits per heavy atom. The first-order valence-corrected chi connectivity index (χ1v) is 12.3. The minimum absolute atomic E-state index is 0.202. The summed E-state index contributed by atoms with van der Waals surface area (Å²) < 4.78 is 7.77. The van der Waals surface area contributed by atoms with Gasteiger partial charge in [-0.05, 0) is 36.1 Å². The van der Waals surface area contributed by atoms with Crippen molar-refractivity contribution < 1.29 is 19.1 Å². The number of nitrogens with zero attached hydrogens (tertiary/aromatic N) is 2. The molecule has 3 rings (SSSR count). The molecule has 0 aliphatic rings. The highest BCUT2D eigenvalue weighted by atomic mass is 16.5. The van der Waals surface area contributed by atoms with Crippen molar-refractivity contribution in [3.8, 4) is 5.75 Å². The van der Waals surface area contributed by atoms with E-state index in [1.54, 1.807) is 19.4 Å². The fourth-order valence-electron chi connectivity index (χ4n) is 3.55. The average Bonchev–Trinajstić information content (AvgIpc) is 3.43. The summed E-state index contributed by atoms with van der Waals surface area (Å²) in [7, 11) is 0. The molecule has 37 heavy (non-hydrogen) atoms. The topological polar surface area (TPSA) is 128 Å². The van der Waals surface area contributed by atoms with E-state index >= 15 is 0 Å². The molecule has 0 aliphatic heterocycles. The van der Waals surface area contributed by atoms with Crippen molar-refractivity contribution in [2.24, 2.45) is 11.7 Å². The number of carbonyl (C=O) groups excluding carboxylic acids is 3. The van der Waals surface area contributed by atoms with Gasteiger partial charge in [-0.2, -0.15) is 0 Å². The molecule has 4 N–H and O–H groups in total. The quantitative estimate of drug-likeness (QED) is 0.274. The number of hydrogen-bond donors (Lipinski definition) is 3. The van der Waals surface area contributed by atoms with Gasteiger partial charge in [0.1, 0.15) is 18.4 Å². The predicted molar refractivity (Wildman–Crippen MR) is 140 cm³/mol. The van der Waals surface area contributed by atoms with Crippen LogP contribution in [0.15, 0.2) is 73.3 Å². The normalized spacial score (nSPS) is 12.4. The molecular formula is C28H34N5O4. The fourth-order valence-corrected chi connectivity index (χ4v) is 3.55. The second kappa shape index (κ2) is 14.4. The average molecular weight is 505 g/mol. The van der Waals surface area contributed by atoms with Crippen molar-refractivity contribution >= 4 is 17.7 Å². The Labute approximate surface area is 217 Å². The number of nitrogens with two attached hydrogens (primary N) is 1. The number of imidazole rings is 1.